The van der Waals surface area contributed by atoms with Crippen LogP contribution in [0, 0.1) is 5.92 Å². The van der Waals surface area contributed by atoms with Gasteiger partial charge in [-0.1, -0.05) is 19.0 Å². The summed E-state index contributed by atoms with van der Waals surface area (Å²) in [5.74, 6) is -0.995. The molecule has 0 saturated carbocycles. The summed E-state index contributed by atoms with van der Waals surface area (Å²) in [6.45, 7) is 3.21. The number of Topliss-reactive ketones (excluding diaryl/α,β-unsaturated/α-hetero) is 1. The number of H-pyrrole nitrogens is 1. The lowest BCUT2D eigenvalue weighted by molar-refractivity contribution is -0.183. The van der Waals surface area contributed by atoms with Crippen LogP contribution in [-0.2, 0) is 9.53 Å². The van der Waals surface area contributed by atoms with Crippen molar-refractivity contribution in [1.82, 2.24) is 9.55 Å². The fourth-order valence-corrected chi connectivity index (χ4v) is 2.62. The van der Waals surface area contributed by atoms with Crippen LogP contribution in [0.3, 0.4) is 0 Å². The first-order valence-corrected chi connectivity index (χ1v) is 7.12. The van der Waals surface area contributed by atoms with Gasteiger partial charge < -0.3 is 9.84 Å². The SMILES string of the molecule is CCC(=O)[C@H]1O[C@@H](n2ccc(=O)[nH]c2=O)[C@H](C)[C@@H](O)[C@@H]1N=[N+]=[N-]. The summed E-state index contributed by atoms with van der Waals surface area (Å²) in [6.07, 6.45) is -1.96. The second-order valence-corrected chi connectivity index (χ2v) is 5.33. The number of nitrogens with zero attached hydrogens (tertiary/aromatic N) is 4. The predicted octanol–water partition coefficient (Wildman–Crippen LogP) is 0.0890. The van der Waals surface area contributed by atoms with Crippen LogP contribution >= 0.6 is 0 Å². The number of aliphatic hydroxyl groups excluding tert-OH is 1. The van der Waals surface area contributed by atoms with Crippen LogP contribution in [-0.4, -0.2) is 38.7 Å². The van der Waals surface area contributed by atoms with Crippen molar-refractivity contribution in [2.45, 2.75) is 44.7 Å². The minimum Gasteiger partial charge on any atom is -0.392 e. The number of nitrogens with one attached hydrogen (secondary N) is 1. The summed E-state index contributed by atoms with van der Waals surface area (Å²) in [6, 6.07) is 0.0668. The predicted molar refractivity (Wildman–Crippen MR) is 78.6 cm³/mol. The van der Waals surface area contributed by atoms with Gasteiger partial charge in [0.2, 0.25) is 0 Å². The third kappa shape index (κ3) is 3.19. The van der Waals surface area contributed by atoms with Crippen LogP contribution in [0.4, 0.5) is 0 Å². The van der Waals surface area contributed by atoms with E-state index >= 15 is 0 Å². The molecule has 0 aliphatic carbocycles. The Balaban J connectivity index is 2.46. The van der Waals surface area contributed by atoms with Crippen LogP contribution < -0.4 is 11.2 Å². The lowest BCUT2D eigenvalue weighted by Crippen LogP contribution is -2.55. The lowest BCUT2D eigenvalue weighted by atomic mass is 9.87. The van der Waals surface area contributed by atoms with Crippen molar-refractivity contribution in [1.29, 1.82) is 0 Å². The van der Waals surface area contributed by atoms with E-state index in [9.17, 15) is 19.5 Å². The molecule has 0 unspecified atom stereocenters. The molecular weight excluding hydrogens is 306 g/mol. The first kappa shape index (κ1) is 16.9. The van der Waals surface area contributed by atoms with E-state index in [-0.39, 0.29) is 12.2 Å². The number of azide groups is 1. The minimum atomic E-state index is -1.18. The maximum Gasteiger partial charge on any atom is 0.330 e. The summed E-state index contributed by atoms with van der Waals surface area (Å²) in [7, 11) is 0. The van der Waals surface area contributed by atoms with E-state index in [0.717, 1.165) is 10.6 Å². The molecule has 1 aliphatic heterocycles. The van der Waals surface area contributed by atoms with E-state index < -0.39 is 41.6 Å². The van der Waals surface area contributed by atoms with Gasteiger partial charge in [-0.2, -0.15) is 0 Å². The Morgan fingerprint density at radius 1 is 1.57 bits per heavy atom. The Kier molecular flexibility index (Phi) is 4.99. The standard InChI is InChI=1S/C13H17N5O5/c1-3-7(19)11-9(16-17-14)10(21)6(2)12(23-11)18-5-4-8(20)15-13(18)22/h4-6,9-12,21H,3H2,1-2H3,(H,15,20,22)/t6-,9+,10-,11-,12-/m1/s1. The van der Waals surface area contributed by atoms with Gasteiger partial charge in [0.15, 0.2) is 5.78 Å². The zero-order chi connectivity index (χ0) is 17.1. The number of aliphatic hydroxyl groups is 1. The molecule has 0 amide bonds. The van der Waals surface area contributed by atoms with Crippen LogP contribution in [0.5, 0.6) is 0 Å². The van der Waals surface area contributed by atoms with Gasteiger partial charge in [0, 0.05) is 29.5 Å². The molecule has 10 heteroatoms. The summed E-state index contributed by atoms with van der Waals surface area (Å²) in [5, 5.41) is 13.8. The molecule has 0 aromatic carbocycles. The van der Waals surface area contributed by atoms with Gasteiger partial charge in [-0.15, -0.1) is 0 Å². The molecule has 2 heterocycles. The molecule has 2 rings (SSSR count). The normalized spacial score (nSPS) is 30.5. The first-order chi connectivity index (χ1) is 10.9. The number of hydrogen-bond donors (Lipinski definition) is 2. The molecule has 2 N–H and O–H groups in total. The van der Waals surface area contributed by atoms with Crippen molar-refractivity contribution in [3.63, 3.8) is 0 Å². The smallest absolute Gasteiger partial charge is 0.330 e. The minimum absolute atomic E-state index is 0.121. The second-order valence-electron chi connectivity index (χ2n) is 5.33. The highest BCUT2D eigenvalue weighted by Gasteiger charge is 2.46. The number of aromatic nitrogens is 2. The highest BCUT2D eigenvalue weighted by molar-refractivity contribution is 5.83. The van der Waals surface area contributed by atoms with Crippen molar-refractivity contribution in [2.24, 2.45) is 11.0 Å². The van der Waals surface area contributed by atoms with E-state index in [1.807, 2.05) is 0 Å². The first-order valence-electron chi connectivity index (χ1n) is 7.12. The Labute approximate surface area is 130 Å². The molecule has 5 atom stereocenters. The van der Waals surface area contributed by atoms with Gasteiger partial charge in [0.05, 0.1) is 12.1 Å². The number of aromatic amines is 1. The average Bonchev–Trinajstić information content (AvgIpc) is 2.52. The third-order valence-electron chi connectivity index (χ3n) is 3.91. The monoisotopic (exact) mass is 323 g/mol. The summed E-state index contributed by atoms with van der Waals surface area (Å²) in [4.78, 5) is 39.9. The highest BCUT2D eigenvalue weighted by atomic mass is 16.5. The van der Waals surface area contributed by atoms with Crippen molar-refractivity contribution >= 4 is 5.78 Å². The van der Waals surface area contributed by atoms with Crippen LogP contribution in [0.2, 0.25) is 0 Å². The molecule has 23 heavy (non-hydrogen) atoms. The molecule has 10 nitrogen and oxygen atoms in total. The Morgan fingerprint density at radius 2 is 2.26 bits per heavy atom. The van der Waals surface area contributed by atoms with E-state index in [2.05, 4.69) is 15.0 Å². The molecule has 1 saturated heterocycles. The zero-order valence-electron chi connectivity index (χ0n) is 12.6. The summed E-state index contributed by atoms with van der Waals surface area (Å²) in [5.41, 5.74) is 7.36. The van der Waals surface area contributed by atoms with Gasteiger partial charge in [-0.25, -0.2) is 4.79 Å². The van der Waals surface area contributed by atoms with Gasteiger partial charge >= 0.3 is 5.69 Å². The number of ether oxygens (including phenoxy) is 1. The zero-order valence-corrected chi connectivity index (χ0v) is 12.6. The topological polar surface area (TPSA) is 150 Å². The van der Waals surface area contributed by atoms with Crippen molar-refractivity contribution in [3.05, 3.63) is 43.5 Å². The lowest BCUT2D eigenvalue weighted by Gasteiger charge is -2.41. The highest BCUT2D eigenvalue weighted by Crippen LogP contribution is 2.34. The van der Waals surface area contributed by atoms with E-state index in [1.54, 1.807) is 13.8 Å². The maximum atomic E-state index is 12.1. The molecular formula is C13H17N5O5. The molecule has 1 aromatic heterocycles. The van der Waals surface area contributed by atoms with Crippen LogP contribution in [0.25, 0.3) is 10.4 Å². The van der Waals surface area contributed by atoms with E-state index in [1.165, 1.54) is 6.20 Å². The van der Waals surface area contributed by atoms with Gasteiger partial charge in [-0.05, 0) is 5.53 Å². The molecule has 1 aliphatic rings. The Morgan fingerprint density at radius 3 is 2.83 bits per heavy atom. The maximum absolute atomic E-state index is 12.1. The number of rotatable bonds is 4. The molecule has 0 bridgehead atoms. The van der Waals surface area contributed by atoms with Crippen molar-refractivity contribution < 1.29 is 14.6 Å². The van der Waals surface area contributed by atoms with Gasteiger partial charge in [0.1, 0.15) is 12.3 Å². The summed E-state index contributed by atoms with van der Waals surface area (Å²) >= 11 is 0. The Bertz CT molecular complexity index is 750. The molecule has 1 fully saturated rings. The number of ketones is 1. The van der Waals surface area contributed by atoms with Gasteiger partial charge in [-0.3, -0.25) is 19.1 Å². The third-order valence-corrected chi connectivity index (χ3v) is 3.91. The van der Waals surface area contributed by atoms with Gasteiger partial charge in [0.25, 0.3) is 5.56 Å². The van der Waals surface area contributed by atoms with E-state index in [4.69, 9.17) is 10.3 Å². The Hall–Kier alpha value is -2.42. The largest absolute Gasteiger partial charge is 0.392 e. The van der Waals surface area contributed by atoms with Crippen molar-refractivity contribution in [2.75, 3.05) is 0 Å². The number of carbonyl (C=O) groups excluding carboxylic acids is 1. The fourth-order valence-electron chi connectivity index (χ4n) is 2.62. The van der Waals surface area contributed by atoms with Crippen LogP contribution in [0.1, 0.15) is 26.5 Å². The molecule has 124 valence electrons. The fraction of sp³-hybridized carbons (Fsp3) is 0.615. The number of hydrogen-bond acceptors (Lipinski definition) is 6. The van der Waals surface area contributed by atoms with Crippen molar-refractivity contribution in [3.8, 4) is 0 Å². The second kappa shape index (κ2) is 6.78. The average molecular weight is 323 g/mol. The van der Waals surface area contributed by atoms with E-state index in [0.29, 0.717) is 0 Å². The molecule has 0 spiro atoms. The quantitative estimate of drug-likeness (QED) is 0.457. The summed E-state index contributed by atoms with van der Waals surface area (Å²) < 4.78 is 6.76. The number of carbonyl (C=O) groups is 1. The molecule has 1 aromatic rings. The van der Waals surface area contributed by atoms with Crippen LogP contribution in [0.15, 0.2) is 27.0 Å². The molecule has 0 radical (unpaired) electrons.